The third-order valence-corrected chi connectivity index (χ3v) is 2.44. The van der Waals surface area contributed by atoms with Crippen LogP contribution in [0.15, 0.2) is 24.5 Å². The molecule has 0 saturated heterocycles. The largest absolute Gasteiger partial charge is 0.354 e. The van der Waals surface area contributed by atoms with Crippen LogP contribution in [0.5, 0.6) is 0 Å². The van der Waals surface area contributed by atoms with Crippen molar-refractivity contribution >= 4 is 0 Å². The van der Waals surface area contributed by atoms with E-state index in [2.05, 4.69) is 23.0 Å². The Balaban J connectivity index is 2.15. The van der Waals surface area contributed by atoms with E-state index in [-0.39, 0.29) is 5.41 Å². The predicted octanol–water partition coefficient (Wildman–Crippen LogP) is 3.21. The number of aryl methyl sites for hydroxylation is 1. The van der Waals surface area contributed by atoms with Gasteiger partial charge in [-0.1, -0.05) is 6.42 Å². The van der Waals surface area contributed by atoms with E-state index < -0.39 is 0 Å². The first-order valence-corrected chi connectivity index (χ1v) is 5.16. The van der Waals surface area contributed by atoms with E-state index in [1.807, 2.05) is 26.0 Å². The van der Waals surface area contributed by atoms with Crippen LogP contribution in [0, 0.1) is 16.7 Å². The molecule has 1 heterocycles. The molecule has 0 saturated carbocycles. The van der Waals surface area contributed by atoms with E-state index in [0.29, 0.717) is 0 Å². The lowest BCUT2D eigenvalue weighted by atomic mass is 9.89. The third-order valence-electron chi connectivity index (χ3n) is 2.44. The summed E-state index contributed by atoms with van der Waals surface area (Å²) >= 11 is 0. The zero-order chi connectivity index (χ0) is 10.4. The van der Waals surface area contributed by atoms with E-state index >= 15 is 0 Å². The van der Waals surface area contributed by atoms with Crippen molar-refractivity contribution in [1.82, 2.24) is 4.57 Å². The maximum atomic E-state index is 8.82. The van der Waals surface area contributed by atoms with Crippen LogP contribution in [0.25, 0.3) is 0 Å². The molecule has 1 aromatic rings. The molecule has 0 spiro atoms. The van der Waals surface area contributed by atoms with Crippen molar-refractivity contribution < 1.29 is 0 Å². The second kappa shape index (κ2) is 4.85. The van der Waals surface area contributed by atoms with Gasteiger partial charge in [0.1, 0.15) is 0 Å². The highest BCUT2D eigenvalue weighted by Gasteiger charge is 2.15. The molecule has 1 rings (SSSR count). The minimum atomic E-state index is -0.156. The van der Waals surface area contributed by atoms with Gasteiger partial charge < -0.3 is 4.57 Å². The number of aromatic nitrogens is 1. The summed E-state index contributed by atoms with van der Waals surface area (Å²) < 4.78 is 2.18. The van der Waals surface area contributed by atoms with Gasteiger partial charge in [-0.3, -0.25) is 0 Å². The first-order chi connectivity index (χ1) is 6.64. The SMILES string of the molecule is CC(C)(C#N)CCCCn1cccc1. The van der Waals surface area contributed by atoms with Gasteiger partial charge in [0.25, 0.3) is 0 Å². The predicted molar refractivity (Wildman–Crippen MR) is 57.7 cm³/mol. The normalized spacial score (nSPS) is 11.2. The smallest absolute Gasteiger partial charge is 0.0683 e. The summed E-state index contributed by atoms with van der Waals surface area (Å²) in [4.78, 5) is 0. The number of nitriles is 1. The Hall–Kier alpha value is -1.23. The van der Waals surface area contributed by atoms with Gasteiger partial charge in [0, 0.05) is 18.9 Å². The molecular formula is C12H18N2. The Morgan fingerprint density at radius 3 is 2.43 bits per heavy atom. The molecule has 2 heteroatoms. The standard InChI is InChI=1S/C12H18N2/c1-12(2,11-13)7-3-4-8-14-9-5-6-10-14/h5-6,9-10H,3-4,7-8H2,1-2H3. The first-order valence-electron chi connectivity index (χ1n) is 5.16. The van der Waals surface area contributed by atoms with Crippen molar-refractivity contribution in [1.29, 1.82) is 5.26 Å². The highest BCUT2D eigenvalue weighted by Crippen LogP contribution is 2.21. The minimum absolute atomic E-state index is 0.156. The number of hydrogen-bond donors (Lipinski definition) is 0. The van der Waals surface area contributed by atoms with Crippen LogP contribution < -0.4 is 0 Å². The zero-order valence-corrected chi connectivity index (χ0v) is 9.03. The molecule has 0 unspecified atom stereocenters. The summed E-state index contributed by atoms with van der Waals surface area (Å²) in [5.74, 6) is 0. The number of nitrogens with zero attached hydrogens (tertiary/aromatic N) is 2. The first kappa shape index (κ1) is 10.8. The van der Waals surface area contributed by atoms with Gasteiger partial charge in [-0.25, -0.2) is 0 Å². The number of hydrogen-bond acceptors (Lipinski definition) is 1. The molecule has 0 atom stereocenters. The van der Waals surface area contributed by atoms with Crippen molar-refractivity contribution in [3.63, 3.8) is 0 Å². The highest BCUT2D eigenvalue weighted by atomic mass is 14.9. The van der Waals surface area contributed by atoms with Crippen LogP contribution in [0.2, 0.25) is 0 Å². The molecule has 0 aliphatic rings. The lowest BCUT2D eigenvalue weighted by Gasteiger charge is -2.14. The van der Waals surface area contributed by atoms with Crippen LogP contribution in [0.3, 0.4) is 0 Å². The van der Waals surface area contributed by atoms with Crippen molar-refractivity contribution in [3.8, 4) is 6.07 Å². The summed E-state index contributed by atoms with van der Waals surface area (Å²) in [5, 5.41) is 8.82. The summed E-state index contributed by atoms with van der Waals surface area (Å²) in [6, 6.07) is 6.41. The molecule has 1 aromatic heterocycles. The van der Waals surface area contributed by atoms with Crippen molar-refractivity contribution in [2.24, 2.45) is 5.41 Å². The van der Waals surface area contributed by atoms with E-state index in [4.69, 9.17) is 5.26 Å². The van der Waals surface area contributed by atoms with Crippen LogP contribution in [-0.2, 0) is 6.54 Å². The van der Waals surface area contributed by atoms with Crippen LogP contribution >= 0.6 is 0 Å². The summed E-state index contributed by atoms with van der Waals surface area (Å²) in [5.41, 5.74) is -0.156. The second-order valence-electron chi connectivity index (χ2n) is 4.37. The lowest BCUT2D eigenvalue weighted by molar-refractivity contribution is 0.417. The van der Waals surface area contributed by atoms with Crippen LogP contribution in [0.1, 0.15) is 33.1 Å². The van der Waals surface area contributed by atoms with Gasteiger partial charge in [-0.15, -0.1) is 0 Å². The molecule has 0 amide bonds. The Morgan fingerprint density at radius 1 is 1.21 bits per heavy atom. The second-order valence-corrected chi connectivity index (χ2v) is 4.37. The topological polar surface area (TPSA) is 28.7 Å². The van der Waals surface area contributed by atoms with E-state index in [1.54, 1.807) is 0 Å². The Bertz CT molecular complexity index is 291. The number of rotatable bonds is 5. The van der Waals surface area contributed by atoms with Crippen LogP contribution in [0.4, 0.5) is 0 Å². The quantitative estimate of drug-likeness (QED) is 0.655. The molecule has 0 aliphatic carbocycles. The molecule has 0 bridgehead atoms. The monoisotopic (exact) mass is 190 g/mol. The fourth-order valence-electron chi connectivity index (χ4n) is 1.44. The minimum Gasteiger partial charge on any atom is -0.354 e. The maximum absolute atomic E-state index is 8.82. The molecular weight excluding hydrogens is 172 g/mol. The highest BCUT2D eigenvalue weighted by molar-refractivity contribution is 4.92. The summed E-state index contributed by atoms with van der Waals surface area (Å²) in [6.07, 6.45) is 7.42. The number of unbranched alkanes of at least 4 members (excludes halogenated alkanes) is 1. The molecule has 0 fully saturated rings. The summed E-state index contributed by atoms with van der Waals surface area (Å²) in [6.45, 7) is 5.07. The van der Waals surface area contributed by atoms with Gasteiger partial charge in [0.05, 0.1) is 11.5 Å². The zero-order valence-electron chi connectivity index (χ0n) is 9.03. The molecule has 14 heavy (non-hydrogen) atoms. The van der Waals surface area contributed by atoms with Crippen molar-refractivity contribution in [2.75, 3.05) is 0 Å². The van der Waals surface area contributed by atoms with Gasteiger partial charge in [0.2, 0.25) is 0 Å². The fraction of sp³-hybridized carbons (Fsp3) is 0.583. The third kappa shape index (κ3) is 3.66. The average molecular weight is 190 g/mol. The Morgan fingerprint density at radius 2 is 1.86 bits per heavy atom. The van der Waals surface area contributed by atoms with Gasteiger partial charge >= 0.3 is 0 Å². The van der Waals surface area contributed by atoms with Gasteiger partial charge in [-0.05, 0) is 38.8 Å². The van der Waals surface area contributed by atoms with Crippen molar-refractivity contribution in [2.45, 2.75) is 39.7 Å². The fourth-order valence-corrected chi connectivity index (χ4v) is 1.44. The molecule has 0 N–H and O–H groups in total. The van der Waals surface area contributed by atoms with Gasteiger partial charge in [0.15, 0.2) is 0 Å². The molecule has 2 nitrogen and oxygen atoms in total. The molecule has 76 valence electrons. The van der Waals surface area contributed by atoms with Crippen LogP contribution in [-0.4, -0.2) is 4.57 Å². The van der Waals surface area contributed by atoms with Crippen molar-refractivity contribution in [3.05, 3.63) is 24.5 Å². The molecule has 0 radical (unpaired) electrons. The average Bonchev–Trinajstić information content (AvgIpc) is 2.65. The van der Waals surface area contributed by atoms with E-state index in [1.165, 1.54) is 0 Å². The van der Waals surface area contributed by atoms with E-state index in [9.17, 15) is 0 Å². The summed E-state index contributed by atoms with van der Waals surface area (Å²) in [7, 11) is 0. The maximum Gasteiger partial charge on any atom is 0.0683 e. The lowest BCUT2D eigenvalue weighted by Crippen LogP contribution is -2.07. The molecule has 0 aromatic carbocycles. The van der Waals surface area contributed by atoms with E-state index in [0.717, 1.165) is 25.8 Å². The molecule has 0 aliphatic heterocycles. The Kier molecular flexibility index (Phi) is 3.76. The van der Waals surface area contributed by atoms with Gasteiger partial charge in [-0.2, -0.15) is 5.26 Å². The Labute approximate surface area is 86.2 Å².